The maximum Gasteiger partial charge on any atom is 0.234 e. The Hall–Kier alpha value is -2.05. The lowest BCUT2D eigenvalue weighted by molar-refractivity contribution is -0.127. The first kappa shape index (κ1) is 13.4. The highest BCUT2D eigenvalue weighted by Gasteiger charge is 2.45. The van der Waals surface area contributed by atoms with Gasteiger partial charge in [-0.25, -0.2) is 0 Å². The molecule has 104 valence electrons. The zero-order valence-electron chi connectivity index (χ0n) is 10.9. The van der Waals surface area contributed by atoms with Crippen molar-refractivity contribution in [3.05, 3.63) is 17.5 Å². The van der Waals surface area contributed by atoms with Gasteiger partial charge in [0.2, 0.25) is 5.91 Å². The fourth-order valence-electron chi connectivity index (χ4n) is 2.57. The van der Waals surface area contributed by atoms with Crippen LogP contribution in [0.15, 0.2) is 11.4 Å². The lowest BCUT2D eigenvalue weighted by atomic mass is 9.83. The van der Waals surface area contributed by atoms with Crippen molar-refractivity contribution in [3.63, 3.8) is 0 Å². The highest BCUT2D eigenvalue weighted by molar-refractivity contribution is 6.07. The molecule has 0 unspecified atom stereocenters. The van der Waals surface area contributed by atoms with Crippen LogP contribution in [0.1, 0.15) is 36.9 Å². The van der Waals surface area contributed by atoms with E-state index in [1.54, 1.807) is 6.20 Å². The number of hydrogen-bond acceptors (Lipinski definition) is 4. The number of nitrogens with one attached hydrogen (secondary N) is 2. The van der Waals surface area contributed by atoms with Crippen LogP contribution in [0.3, 0.4) is 0 Å². The van der Waals surface area contributed by atoms with Crippen LogP contribution in [-0.2, 0) is 11.3 Å². The molecular formula is C12H19N5O2. The average molecular weight is 265 g/mol. The number of amidine groups is 1. The van der Waals surface area contributed by atoms with Gasteiger partial charge in [0, 0.05) is 17.8 Å². The van der Waals surface area contributed by atoms with Crippen LogP contribution in [0.25, 0.3) is 0 Å². The summed E-state index contributed by atoms with van der Waals surface area (Å²) in [6.45, 7) is 2.28. The number of aryl methyl sites for hydroxylation is 1. The van der Waals surface area contributed by atoms with Crippen LogP contribution in [0, 0.1) is 12.3 Å². The Balaban J connectivity index is 2.07. The minimum absolute atomic E-state index is 0.00594. The predicted molar refractivity (Wildman–Crippen MR) is 69.5 cm³/mol. The molecule has 1 aliphatic rings. The second-order valence-electron chi connectivity index (χ2n) is 4.98. The van der Waals surface area contributed by atoms with Crippen LogP contribution in [-0.4, -0.2) is 27.1 Å². The van der Waals surface area contributed by atoms with E-state index in [1.165, 1.54) is 0 Å². The van der Waals surface area contributed by atoms with Gasteiger partial charge in [-0.05, 0) is 19.8 Å². The van der Waals surface area contributed by atoms with Gasteiger partial charge in [-0.3, -0.25) is 9.89 Å². The normalized spacial score (nSPS) is 18.5. The van der Waals surface area contributed by atoms with Crippen molar-refractivity contribution < 1.29 is 10.0 Å². The fourth-order valence-corrected chi connectivity index (χ4v) is 2.57. The SMILES string of the molecule is Cc1[nH]ncc1CNC(=O)C1(C(N)=NO)CCCC1. The third kappa shape index (κ3) is 2.40. The molecule has 19 heavy (non-hydrogen) atoms. The summed E-state index contributed by atoms with van der Waals surface area (Å²) in [4.78, 5) is 12.4. The molecule has 1 aliphatic carbocycles. The number of aromatic nitrogens is 2. The number of amides is 1. The van der Waals surface area contributed by atoms with E-state index in [4.69, 9.17) is 10.9 Å². The van der Waals surface area contributed by atoms with Crippen LogP contribution in [0.5, 0.6) is 0 Å². The summed E-state index contributed by atoms with van der Waals surface area (Å²) in [5.41, 5.74) is 6.71. The zero-order valence-corrected chi connectivity index (χ0v) is 10.9. The molecule has 0 bridgehead atoms. The first-order valence-electron chi connectivity index (χ1n) is 6.35. The van der Waals surface area contributed by atoms with Gasteiger partial charge in [0.05, 0.1) is 6.20 Å². The number of H-pyrrole nitrogens is 1. The van der Waals surface area contributed by atoms with Gasteiger partial charge >= 0.3 is 0 Å². The molecule has 0 radical (unpaired) electrons. The Labute approximate surface area is 111 Å². The number of rotatable bonds is 4. The highest BCUT2D eigenvalue weighted by atomic mass is 16.4. The minimum atomic E-state index is -0.855. The van der Waals surface area contributed by atoms with E-state index in [1.807, 2.05) is 6.92 Å². The molecule has 1 amide bonds. The summed E-state index contributed by atoms with van der Waals surface area (Å²) in [7, 11) is 0. The molecule has 5 N–H and O–H groups in total. The second-order valence-corrected chi connectivity index (χ2v) is 4.98. The predicted octanol–water partition coefficient (Wildman–Crippen LogP) is 0.641. The quantitative estimate of drug-likeness (QED) is 0.276. The molecule has 1 heterocycles. The summed E-state index contributed by atoms with van der Waals surface area (Å²) in [6, 6.07) is 0. The molecular weight excluding hydrogens is 246 g/mol. The van der Waals surface area contributed by atoms with Gasteiger partial charge in [-0.15, -0.1) is 0 Å². The van der Waals surface area contributed by atoms with Crippen molar-refractivity contribution in [1.82, 2.24) is 15.5 Å². The van der Waals surface area contributed by atoms with E-state index in [0.29, 0.717) is 19.4 Å². The molecule has 7 nitrogen and oxygen atoms in total. The number of oxime groups is 1. The number of nitrogens with two attached hydrogens (primary N) is 1. The monoisotopic (exact) mass is 265 g/mol. The van der Waals surface area contributed by atoms with Crippen molar-refractivity contribution in [2.45, 2.75) is 39.2 Å². The topological polar surface area (TPSA) is 116 Å². The molecule has 1 saturated carbocycles. The maximum atomic E-state index is 12.4. The Morgan fingerprint density at radius 1 is 1.63 bits per heavy atom. The molecule has 0 saturated heterocycles. The van der Waals surface area contributed by atoms with E-state index in [2.05, 4.69) is 20.7 Å². The third-order valence-corrected chi connectivity index (χ3v) is 3.86. The summed E-state index contributed by atoms with van der Waals surface area (Å²) >= 11 is 0. The van der Waals surface area contributed by atoms with Crippen LogP contribution in [0.2, 0.25) is 0 Å². The summed E-state index contributed by atoms with van der Waals surface area (Å²) in [6.07, 6.45) is 4.75. The van der Waals surface area contributed by atoms with Crippen LogP contribution >= 0.6 is 0 Å². The maximum absolute atomic E-state index is 12.4. The number of hydrogen-bond donors (Lipinski definition) is 4. The van der Waals surface area contributed by atoms with Crippen LogP contribution in [0.4, 0.5) is 0 Å². The molecule has 7 heteroatoms. The van der Waals surface area contributed by atoms with Gasteiger partial charge < -0.3 is 16.3 Å². The molecule has 2 rings (SSSR count). The van der Waals surface area contributed by atoms with Crippen molar-refractivity contribution in [1.29, 1.82) is 0 Å². The van der Waals surface area contributed by atoms with Crippen molar-refractivity contribution in [3.8, 4) is 0 Å². The Kier molecular flexibility index (Phi) is 3.73. The Morgan fingerprint density at radius 2 is 2.32 bits per heavy atom. The molecule has 0 aliphatic heterocycles. The summed E-state index contributed by atoms with van der Waals surface area (Å²) < 4.78 is 0. The highest BCUT2D eigenvalue weighted by Crippen LogP contribution is 2.38. The Bertz CT molecular complexity index is 488. The van der Waals surface area contributed by atoms with Crippen molar-refractivity contribution >= 4 is 11.7 Å². The summed E-state index contributed by atoms with van der Waals surface area (Å²) in [5.74, 6) is -0.174. The first-order chi connectivity index (χ1) is 9.10. The molecule has 0 aromatic carbocycles. The van der Waals surface area contributed by atoms with E-state index < -0.39 is 5.41 Å². The van der Waals surface area contributed by atoms with Gasteiger partial charge in [-0.1, -0.05) is 18.0 Å². The lowest BCUT2D eigenvalue weighted by Crippen LogP contribution is -2.48. The van der Waals surface area contributed by atoms with Gasteiger partial charge in [0.25, 0.3) is 0 Å². The van der Waals surface area contributed by atoms with E-state index in [0.717, 1.165) is 24.1 Å². The molecule has 1 fully saturated rings. The van der Waals surface area contributed by atoms with Gasteiger partial charge in [0.1, 0.15) is 5.41 Å². The summed E-state index contributed by atoms with van der Waals surface area (Å²) in [5, 5.41) is 21.5. The molecule has 0 atom stereocenters. The number of carbonyl (C=O) groups excluding carboxylic acids is 1. The average Bonchev–Trinajstić information content (AvgIpc) is 3.05. The van der Waals surface area contributed by atoms with Crippen molar-refractivity contribution in [2.24, 2.45) is 16.3 Å². The third-order valence-electron chi connectivity index (χ3n) is 3.86. The number of nitrogens with zero attached hydrogens (tertiary/aromatic N) is 2. The second kappa shape index (κ2) is 5.29. The van der Waals surface area contributed by atoms with Crippen LogP contribution < -0.4 is 11.1 Å². The Morgan fingerprint density at radius 3 is 2.84 bits per heavy atom. The lowest BCUT2D eigenvalue weighted by Gasteiger charge is -2.25. The molecule has 1 aromatic heterocycles. The standard InChI is InChI=1S/C12H19N5O2/c1-8-9(7-15-16-8)6-14-11(18)12(10(13)17-19)4-2-3-5-12/h7,19H,2-6H2,1H3,(H2,13,17)(H,14,18)(H,15,16). The smallest absolute Gasteiger partial charge is 0.234 e. The zero-order chi connectivity index (χ0) is 13.9. The minimum Gasteiger partial charge on any atom is -0.409 e. The van der Waals surface area contributed by atoms with E-state index >= 15 is 0 Å². The first-order valence-corrected chi connectivity index (χ1v) is 6.35. The van der Waals surface area contributed by atoms with Crippen molar-refractivity contribution in [2.75, 3.05) is 0 Å². The molecule has 1 aromatic rings. The van der Waals surface area contributed by atoms with Gasteiger partial charge in [0.15, 0.2) is 5.84 Å². The van der Waals surface area contributed by atoms with E-state index in [9.17, 15) is 4.79 Å². The number of aromatic amines is 1. The molecule has 0 spiro atoms. The largest absolute Gasteiger partial charge is 0.409 e. The number of carbonyl (C=O) groups is 1. The fraction of sp³-hybridized carbons (Fsp3) is 0.583. The van der Waals surface area contributed by atoms with Gasteiger partial charge in [-0.2, -0.15) is 5.10 Å². The van der Waals surface area contributed by atoms with E-state index in [-0.39, 0.29) is 11.7 Å².